The molecule has 0 saturated carbocycles. The molecule has 1 N–H and O–H groups in total. The first-order valence-electron chi connectivity index (χ1n) is 4.83. The summed E-state index contributed by atoms with van der Waals surface area (Å²) >= 11 is 0. The van der Waals surface area contributed by atoms with E-state index in [2.05, 4.69) is 15.2 Å². The Kier molecular flexibility index (Phi) is 2.95. The highest BCUT2D eigenvalue weighted by molar-refractivity contribution is 5.88. The zero-order valence-electron chi connectivity index (χ0n) is 8.99. The third-order valence-corrected chi connectivity index (χ3v) is 1.96. The Bertz CT molecular complexity index is 540. The fourth-order valence-corrected chi connectivity index (χ4v) is 1.19. The first kappa shape index (κ1) is 11.0. The number of carbonyl (C=O) groups is 1. The number of aromatic nitrogens is 3. The van der Waals surface area contributed by atoms with Crippen molar-refractivity contribution in [1.29, 1.82) is 0 Å². The number of aromatic carboxylic acids is 1. The Morgan fingerprint density at radius 3 is 2.76 bits per heavy atom. The third-order valence-electron chi connectivity index (χ3n) is 1.96. The number of aryl methyl sites for hydroxylation is 1. The van der Waals surface area contributed by atoms with Crippen LogP contribution in [0.5, 0.6) is 11.6 Å². The summed E-state index contributed by atoms with van der Waals surface area (Å²) in [4.78, 5) is 14.6. The lowest BCUT2D eigenvalue weighted by molar-refractivity contribution is 0.0687. The summed E-state index contributed by atoms with van der Waals surface area (Å²) in [6.45, 7) is 1.80. The van der Waals surface area contributed by atoms with E-state index in [1.165, 1.54) is 12.3 Å². The molecule has 0 aliphatic carbocycles. The van der Waals surface area contributed by atoms with Crippen LogP contribution in [-0.2, 0) is 0 Å². The van der Waals surface area contributed by atoms with Crippen molar-refractivity contribution in [3.8, 4) is 11.6 Å². The number of hydrogen-bond acceptors (Lipinski definition) is 5. The average molecular weight is 231 g/mol. The topological polar surface area (TPSA) is 85.2 Å². The first-order valence-corrected chi connectivity index (χ1v) is 4.83. The van der Waals surface area contributed by atoms with Crippen LogP contribution in [0.4, 0.5) is 0 Å². The second kappa shape index (κ2) is 4.56. The van der Waals surface area contributed by atoms with E-state index >= 15 is 0 Å². The number of pyridine rings is 1. The lowest BCUT2D eigenvalue weighted by Crippen LogP contribution is -2.03. The van der Waals surface area contributed by atoms with Crippen molar-refractivity contribution in [3.63, 3.8) is 0 Å². The van der Waals surface area contributed by atoms with E-state index in [0.717, 1.165) is 5.69 Å². The van der Waals surface area contributed by atoms with Gasteiger partial charge < -0.3 is 9.84 Å². The van der Waals surface area contributed by atoms with Gasteiger partial charge in [-0.3, -0.25) is 0 Å². The molecule has 86 valence electrons. The second-order valence-electron chi connectivity index (χ2n) is 3.27. The molecule has 2 aromatic rings. The smallest absolute Gasteiger partial charge is 0.358 e. The van der Waals surface area contributed by atoms with Crippen LogP contribution in [0.1, 0.15) is 16.2 Å². The van der Waals surface area contributed by atoms with Gasteiger partial charge in [-0.15, -0.1) is 5.10 Å². The molecule has 0 radical (unpaired) electrons. The van der Waals surface area contributed by atoms with E-state index in [-0.39, 0.29) is 17.3 Å². The van der Waals surface area contributed by atoms with Crippen molar-refractivity contribution in [2.24, 2.45) is 0 Å². The normalized spacial score (nSPS) is 9.94. The molecule has 0 unspecified atom stereocenters. The number of carboxylic acids is 1. The largest absolute Gasteiger partial charge is 0.476 e. The van der Waals surface area contributed by atoms with Crippen LogP contribution in [0, 0.1) is 6.92 Å². The second-order valence-corrected chi connectivity index (χ2v) is 3.27. The highest BCUT2D eigenvalue weighted by Crippen LogP contribution is 2.21. The number of ether oxygens (including phenoxy) is 1. The molecule has 0 amide bonds. The Morgan fingerprint density at radius 2 is 2.12 bits per heavy atom. The summed E-state index contributed by atoms with van der Waals surface area (Å²) in [5.74, 6) is -0.787. The van der Waals surface area contributed by atoms with Gasteiger partial charge in [-0.25, -0.2) is 9.78 Å². The van der Waals surface area contributed by atoms with Gasteiger partial charge in [0.2, 0.25) is 5.88 Å². The Morgan fingerprint density at radius 1 is 1.29 bits per heavy atom. The van der Waals surface area contributed by atoms with Gasteiger partial charge >= 0.3 is 5.97 Å². The van der Waals surface area contributed by atoms with Crippen LogP contribution >= 0.6 is 0 Å². The van der Waals surface area contributed by atoms with Crippen molar-refractivity contribution in [2.45, 2.75) is 6.92 Å². The van der Waals surface area contributed by atoms with Crippen LogP contribution in [0.2, 0.25) is 0 Å². The summed E-state index contributed by atoms with van der Waals surface area (Å²) < 4.78 is 5.31. The molecular weight excluding hydrogens is 222 g/mol. The van der Waals surface area contributed by atoms with E-state index in [9.17, 15) is 4.79 Å². The summed E-state index contributed by atoms with van der Waals surface area (Å²) in [5.41, 5.74) is 0.594. The van der Waals surface area contributed by atoms with Crippen molar-refractivity contribution in [1.82, 2.24) is 15.2 Å². The van der Waals surface area contributed by atoms with Gasteiger partial charge in [0.15, 0.2) is 11.4 Å². The van der Waals surface area contributed by atoms with E-state index in [1.54, 1.807) is 25.1 Å². The molecule has 0 bridgehead atoms. The van der Waals surface area contributed by atoms with Crippen molar-refractivity contribution in [2.75, 3.05) is 0 Å². The molecule has 0 aromatic carbocycles. The Labute approximate surface area is 96.9 Å². The molecule has 0 fully saturated rings. The molecule has 6 heteroatoms. The molecule has 0 aliphatic rings. The molecule has 0 atom stereocenters. The lowest BCUT2D eigenvalue weighted by Gasteiger charge is -2.05. The fraction of sp³-hybridized carbons (Fsp3) is 0.0909. The van der Waals surface area contributed by atoms with Crippen LogP contribution in [0.3, 0.4) is 0 Å². The molecule has 2 heterocycles. The minimum Gasteiger partial charge on any atom is -0.476 e. The molecular formula is C11H9N3O3. The summed E-state index contributed by atoms with van der Waals surface area (Å²) in [5, 5.41) is 16.5. The highest BCUT2D eigenvalue weighted by Gasteiger charge is 2.13. The van der Waals surface area contributed by atoms with Gasteiger partial charge in [0.1, 0.15) is 0 Å². The maximum Gasteiger partial charge on any atom is 0.358 e. The minimum atomic E-state index is -1.15. The van der Waals surface area contributed by atoms with Crippen LogP contribution in [0.25, 0.3) is 0 Å². The average Bonchev–Trinajstić information content (AvgIpc) is 2.32. The number of hydrogen-bond donors (Lipinski definition) is 1. The van der Waals surface area contributed by atoms with Gasteiger partial charge in [0.25, 0.3) is 0 Å². The zero-order valence-corrected chi connectivity index (χ0v) is 8.99. The molecule has 0 spiro atoms. The van der Waals surface area contributed by atoms with Gasteiger partial charge in [-0.05, 0) is 25.1 Å². The van der Waals surface area contributed by atoms with Crippen LogP contribution in [-0.4, -0.2) is 26.3 Å². The number of carboxylic acid groups (broad SMARTS) is 1. The van der Waals surface area contributed by atoms with Crippen molar-refractivity contribution >= 4 is 5.97 Å². The maximum atomic E-state index is 10.9. The number of rotatable bonds is 3. The highest BCUT2D eigenvalue weighted by atomic mass is 16.5. The lowest BCUT2D eigenvalue weighted by atomic mass is 10.3. The fourth-order valence-electron chi connectivity index (χ4n) is 1.19. The van der Waals surface area contributed by atoms with Gasteiger partial charge in [0.05, 0.1) is 5.69 Å². The van der Waals surface area contributed by atoms with Crippen LogP contribution in [0.15, 0.2) is 30.5 Å². The zero-order chi connectivity index (χ0) is 12.3. The molecule has 2 aromatic heterocycles. The molecule has 2 rings (SSSR count). The van der Waals surface area contributed by atoms with Gasteiger partial charge in [0, 0.05) is 12.3 Å². The van der Waals surface area contributed by atoms with Crippen LogP contribution < -0.4 is 4.74 Å². The number of nitrogens with zero attached hydrogens (tertiary/aromatic N) is 3. The predicted molar refractivity (Wildman–Crippen MR) is 58.0 cm³/mol. The SMILES string of the molecule is Cc1ccc(Oc2cccnc2C(=O)O)nn1. The van der Waals surface area contributed by atoms with E-state index in [1.807, 2.05) is 0 Å². The third kappa shape index (κ3) is 2.54. The molecule has 6 nitrogen and oxygen atoms in total. The molecule has 17 heavy (non-hydrogen) atoms. The minimum absolute atomic E-state index is 0.137. The van der Waals surface area contributed by atoms with Gasteiger partial charge in [-0.2, -0.15) is 5.10 Å². The first-order chi connectivity index (χ1) is 8.16. The molecule has 0 aliphatic heterocycles. The predicted octanol–water partition coefficient (Wildman–Crippen LogP) is 1.67. The Hall–Kier alpha value is -2.50. The summed E-state index contributed by atoms with van der Waals surface area (Å²) in [6.07, 6.45) is 1.39. The van der Waals surface area contributed by atoms with E-state index in [4.69, 9.17) is 9.84 Å². The monoisotopic (exact) mass is 231 g/mol. The van der Waals surface area contributed by atoms with E-state index in [0.29, 0.717) is 0 Å². The summed E-state index contributed by atoms with van der Waals surface area (Å²) in [7, 11) is 0. The molecule has 0 saturated heterocycles. The summed E-state index contributed by atoms with van der Waals surface area (Å²) in [6, 6.07) is 6.43. The van der Waals surface area contributed by atoms with E-state index < -0.39 is 5.97 Å². The van der Waals surface area contributed by atoms with Gasteiger partial charge in [-0.1, -0.05) is 0 Å². The maximum absolute atomic E-state index is 10.9. The van der Waals surface area contributed by atoms with Crippen molar-refractivity contribution < 1.29 is 14.6 Å². The van der Waals surface area contributed by atoms with Crippen molar-refractivity contribution in [3.05, 3.63) is 41.9 Å². The quantitative estimate of drug-likeness (QED) is 0.864. The Balaban J connectivity index is 2.30. The standard InChI is InChI=1S/C11H9N3O3/c1-7-4-5-9(14-13-7)17-8-3-2-6-12-10(8)11(15)16/h2-6H,1H3,(H,15,16).